The average molecular weight is 555 g/mol. The van der Waals surface area contributed by atoms with Crippen molar-refractivity contribution < 1.29 is 23.1 Å². The normalized spacial score (nSPS) is 20.9. The van der Waals surface area contributed by atoms with Gasteiger partial charge in [-0.05, 0) is 68.5 Å². The summed E-state index contributed by atoms with van der Waals surface area (Å²) in [6.45, 7) is 5.14. The third kappa shape index (κ3) is 5.01. The van der Waals surface area contributed by atoms with E-state index in [0.717, 1.165) is 11.3 Å². The van der Waals surface area contributed by atoms with Crippen molar-refractivity contribution in [3.8, 4) is 11.4 Å². The van der Waals surface area contributed by atoms with Gasteiger partial charge in [-0.25, -0.2) is 4.52 Å². The van der Waals surface area contributed by atoms with Crippen LogP contribution >= 0.6 is 0 Å². The van der Waals surface area contributed by atoms with Crippen LogP contribution in [0.5, 0.6) is 0 Å². The number of hydrogen-bond donors (Lipinski definition) is 2. The van der Waals surface area contributed by atoms with E-state index in [1.54, 1.807) is 16.6 Å². The van der Waals surface area contributed by atoms with Crippen LogP contribution in [0.1, 0.15) is 54.6 Å². The molecule has 0 radical (unpaired) electrons. The van der Waals surface area contributed by atoms with Crippen LogP contribution in [0.4, 0.5) is 24.5 Å². The van der Waals surface area contributed by atoms with Crippen LogP contribution in [0.2, 0.25) is 0 Å². The van der Waals surface area contributed by atoms with Crippen LogP contribution in [0.15, 0.2) is 42.7 Å². The lowest BCUT2D eigenvalue weighted by molar-refractivity contribution is -0.203. The minimum absolute atomic E-state index is 0.0611. The van der Waals surface area contributed by atoms with Gasteiger partial charge in [0.25, 0.3) is 5.91 Å². The molecular formula is C27H29F3N8O2. The summed E-state index contributed by atoms with van der Waals surface area (Å²) in [5.41, 5.74) is 3.31. The third-order valence-electron chi connectivity index (χ3n) is 8.03. The molecule has 1 aliphatic heterocycles. The SMILES string of the molecule is Cc1ccc(-c2nnn(C3CC(C(F)(F)F)C3)n2)cc1NC(=O)c1cnn2ccc(N3CCC(C)(O)CC3)cc12. The molecule has 0 atom stereocenters. The van der Waals surface area contributed by atoms with Crippen molar-refractivity contribution in [1.29, 1.82) is 0 Å². The number of tetrazole rings is 1. The largest absolute Gasteiger partial charge is 0.391 e. The highest BCUT2D eigenvalue weighted by Gasteiger charge is 2.49. The highest BCUT2D eigenvalue weighted by molar-refractivity contribution is 6.09. The zero-order chi connectivity index (χ0) is 28.2. The fraction of sp³-hybridized carbons (Fsp3) is 0.444. The Bertz CT molecular complexity index is 1560. The highest BCUT2D eigenvalue weighted by Crippen LogP contribution is 2.46. The molecule has 0 unspecified atom stereocenters. The quantitative estimate of drug-likeness (QED) is 0.376. The maximum absolute atomic E-state index is 13.4. The van der Waals surface area contributed by atoms with Crippen molar-refractivity contribution in [2.24, 2.45) is 5.92 Å². The first-order valence-electron chi connectivity index (χ1n) is 13.2. The van der Waals surface area contributed by atoms with Crippen LogP contribution in [-0.4, -0.2) is 65.7 Å². The monoisotopic (exact) mass is 554 g/mol. The number of carbonyl (C=O) groups excluding carboxylic acids is 1. The second kappa shape index (κ2) is 9.58. The van der Waals surface area contributed by atoms with E-state index in [9.17, 15) is 23.1 Å². The number of pyridine rings is 1. The van der Waals surface area contributed by atoms with E-state index in [2.05, 4.69) is 30.7 Å². The zero-order valence-corrected chi connectivity index (χ0v) is 22.1. The van der Waals surface area contributed by atoms with Gasteiger partial charge in [-0.2, -0.15) is 23.1 Å². The Morgan fingerprint density at radius 1 is 1.15 bits per heavy atom. The van der Waals surface area contributed by atoms with E-state index in [0.29, 0.717) is 48.3 Å². The molecule has 4 aromatic rings. The fourth-order valence-electron chi connectivity index (χ4n) is 5.21. The third-order valence-corrected chi connectivity index (χ3v) is 8.03. The summed E-state index contributed by atoms with van der Waals surface area (Å²) in [5.74, 6) is -1.40. The lowest BCUT2D eigenvalue weighted by atomic mass is 9.80. The Balaban J connectivity index is 1.19. The van der Waals surface area contributed by atoms with Crippen molar-refractivity contribution in [3.63, 3.8) is 0 Å². The Morgan fingerprint density at radius 2 is 1.90 bits per heavy atom. The summed E-state index contributed by atoms with van der Waals surface area (Å²) in [5, 5.41) is 29.9. The van der Waals surface area contributed by atoms with Crippen LogP contribution in [0.3, 0.4) is 0 Å². The van der Waals surface area contributed by atoms with Gasteiger partial charge in [0, 0.05) is 36.2 Å². The molecule has 2 fully saturated rings. The lowest BCUT2D eigenvalue weighted by Gasteiger charge is -2.37. The number of anilines is 2. The van der Waals surface area contributed by atoms with E-state index < -0.39 is 23.7 Å². The molecule has 1 saturated carbocycles. The number of alkyl halides is 3. The number of rotatable bonds is 5. The maximum Gasteiger partial charge on any atom is 0.391 e. The van der Waals surface area contributed by atoms with Crippen molar-refractivity contribution in [3.05, 3.63) is 53.9 Å². The van der Waals surface area contributed by atoms with Gasteiger partial charge in [0.05, 0.1) is 34.8 Å². The van der Waals surface area contributed by atoms with Gasteiger partial charge in [0.2, 0.25) is 5.82 Å². The number of nitrogens with one attached hydrogen (secondary N) is 1. The number of halogens is 3. The minimum Gasteiger partial charge on any atom is -0.390 e. The number of hydrogen-bond acceptors (Lipinski definition) is 7. The number of nitrogens with zero attached hydrogens (tertiary/aromatic N) is 7. The Kier molecular flexibility index (Phi) is 6.28. The molecule has 4 heterocycles. The molecule has 10 nitrogen and oxygen atoms in total. The van der Waals surface area contributed by atoms with E-state index in [4.69, 9.17) is 0 Å². The Morgan fingerprint density at radius 3 is 2.62 bits per heavy atom. The van der Waals surface area contributed by atoms with Crippen molar-refractivity contribution in [2.75, 3.05) is 23.3 Å². The lowest BCUT2D eigenvalue weighted by Crippen LogP contribution is -2.42. The van der Waals surface area contributed by atoms with Crippen molar-refractivity contribution in [1.82, 2.24) is 29.8 Å². The molecule has 1 aliphatic carbocycles. The van der Waals surface area contributed by atoms with Crippen LogP contribution in [-0.2, 0) is 0 Å². The van der Waals surface area contributed by atoms with Crippen LogP contribution < -0.4 is 10.2 Å². The second-order valence-electron chi connectivity index (χ2n) is 11.0. The summed E-state index contributed by atoms with van der Waals surface area (Å²) in [4.78, 5) is 16.8. The van der Waals surface area contributed by atoms with E-state index in [1.165, 1.54) is 11.0 Å². The van der Waals surface area contributed by atoms with Crippen molar-refractivity contribution >= 4 is 22.8 Å². The second-order valence-corrected chi connectivity index (χ2v) is 11.0. The topological polar surface area (TPSA) is 113 Å². The predicted octanol–water partition coefficient (Wildman–Crippen LogP) is 4.41. The predicted molar refractivity (Wildman–Crippen MR) is 141 cm³/mol. The van der Waals surface area contributed by atoms with Crippen LogP contribution in [0.25, 0.3) is 16.9 Å². The molecule has 3 aromatic heterocycles. The molecule has 1 amide bonds. The first-order valence-corrected chi connectivity index (χ1v) is 13.2. The van der Waals surface area contributed by atoms with E-state index in [-0.39, 0.29) is 24.6 Å². The molecular weight excluding hydrogens is 525 g/mol. The smallest absolute Gasteiger partial charge is 0.390 e. The zero-order valence-electron chi connectivity index (χ0n) is 22.1. The molecule has 13 heteroatoms. The number of benzene rings is 1. The molecule has 6 rings (SSSR count). The standard InChI is InChI=1S/C27H29F3N8O2/c1-16-3-4-17(24-33-35-38(34-24)20-12-18(13-20)27(28,29)30)11-22(16)32-25(39)21-15-31-37-8-5-19(14-23(21)37)36-9-6-26(2,40)7-10-36/h3-5,8,11,14-15,18,20,40H,6-7,9-10,12-13H2,1-2H3,(H,32,39). The summed E-state index contributed by atoms with van der Waals surface area (Å²) in [6, 6.07) is 8.76. The highest BCUT2D eigenvalue weighted by atomic mass is 19.4. The average Bonchev–Trinajstić information content (AvgIpc) is 3.51. The fourth-order valence-corrected chi connectivity index (χ4v) is 5.21. The molecule has 2 aliphatic rings. The number of amides is 1. The number of aromatic nitrogens is 6. The number of piperidine rings is 1. The molecule has 1 saturated heterocycles. The van der Waals surface area contributed by atoms with Gasteiger partial charge in [0.15, 0.2) is 0 Å². The van der Waals surface area contributed by atoms with Gasteiger partial charge in [-0.1, -0.05) is 12.1 Å². The number of carbonyl (C=O) groups is 1. The molecule has 210 valence electrons. The van der Waals surface area contributed by atoms with Gasteiger partial charge in [0.1, 0.15) is 0 Å². The summed E-state index contributed by atoms with van der Waals surface area (Å²) >= 11 is 0. The van der Waals surface area contributed by atoms with Gasteiger partial charge in [-0.15, -0.1) is 10.2 Å². The summed E-state index contributed by atoms with van der Waals surface area (Å²) in [7, 11) is 0. The number of fused-ring (bicyclic) bond motifs is 1. The molecule has 40 heavy (non-hydrogen) atoms. The Labute approximate surface area is 227 Å². The molecule has 0 spiro atoms. The van der Waals surface area contributed by atoms with E-state index in [1.807, 2.05) is 38.2 Å². The maximum atomic E-state index is 13.4. The van der Waals surface area contributed by atoms with Gasteiger partial charge >= 0.3 is 6.18 Å². The number of aryl methyl sites for hydroxylation is 1. The first-order chi connectivity index (χ1) is 19.0. The molecule has 0 bridgehead atoms. The minimum atomic E-state index is -4.21. The van der Waals surface area contributed by atoms with Crippen molar-refractivity contribution in [2.45, 2.75) is 57.3 Å². The Hall–Kier alpha value is -4.00. The van der Waals surface area contributed by atoms with E-state index >= 15 is 0 Å². The van der Waals surface area contributed by atoms with Gasteiger partial charge in [-0.3, -0.25) is 4.79 Å². The van der Waals surface area contributed by atoms with Gasteiger partial charge < -0.3 is 15.3 Å². The van der Waals surface area contributed by atoms with Crippen LogP contribution in [0, 0.1) is 12.8 Å². The summed E-state index contributed by atoms with van der Waals surface area (Å²) in [6.07, 6.45) is 0.337. The molecule has 1 aromatic carbocycles. The summed E-state index contributed by atoms with van der Waals surface area (Å²) < 4.78 is 40.2. The molecule has 2 N–H and O–H groups in total. The first kappa shape index (κ1) is 26.2. The number of aliphatic hydroxyl groups is 1.